The molecule has 0 saturated heterocycles. The predicted molar refractivity (Wildman–Crippen MR) is 331 cm³/mol. The third-order valence-electron chi connectivity index (χ3n) is 14.8. The molecular weight excluding hydrogens is 1100 g/mol. The number of unbranched alkanes of at least 4 members (excludes halogenated alkanes) is 36. The lowest BCUT2D eigenvalue weighted by Crippen LogP contribution is -2.30. The second-order valence-corrected chi connectivity index (χ2v) is 26.5. The molecule has 0 aromatic rings. The summed E-state index contributed by atoms with van der Waals surface area (Å²) in [5, 5.41) is 10.5. The highest BCUT2D eigenvalue weighted by molar-refractivity contribution is 7.47. The number of esters is 4. The van der Waals surface area contributed by atoms with Crippen LogP contribution in [0.5, 0.6) is 0 Å². The van der Waals surface area contributed by atoms with Crippen LogP contribution in [0.3, 0.4) is 0 Å². The molecule has 0 amide bonds. The summed E-state index contributed by atoms with van der Waals surface area (Å²) >= 11 is 0. The normalized spacial score (nSPS) is 14.2. The van der Waals surface area contributed by atoms with E-state index < -0.39 is 97.5 Å². The van der Waals surface area contributed by atoms with Gasteiger partial charge in [-0.2, -0.15) is 0 Å². The molecule has 0 radical (unpaired) electrons. The minimum Gasteiger partial charge on any atom is -0.462 e. The first kappa shape index (κ1) is 81.1. The van der Waals surface area contributed by atoms with Gasteiger partial charge < -0.3 is 33.8 Å². The number of hydrogen-bond acceptors (Lipinski definition) is 15. The molecule has 0 bridgehead atoms. The zero-order valence-corrected chi connectivity index (χ0v) is 55.1. The van der Waals surface area contributed by atoms with Crippen LogP contribution < -0.4 is 0 Å². The lowest BCUT2D eigenvalue weighted by atomic mass is 10.0. The maximum absolute atomic E-state index is 13.0. The van der Waals surface area contributed by atoms with Gasteiger partial charge in [-0.15, -0.1) is 0 Å². The average molecular weight is 1230 g/mol. The fraction of sp³-hybridized carbons (Fsp3) is 0.938. The second kappa shape index (κ2) is 57.8. The first-order valence-electron chi connectivity index (χ1n) is 33.6. The Morgan fingerprint density at radius 1 is 0.325 bits per heavy atom. The van der Waals surface area contributed by atoms with Crippen LogP contribution in [0.25, 0.3) is 0 Å². The fourth-order valence-electron chi connectivity index (χ4n) is 9.58. The number of aliphatic hydroxyl groups excluding tert-OH is 1. The summed E-state index contributed by atoms with van der Waals surface area (Å²) in [4.78, 5) is 71.9. The van der Waals surface area contributed by atoms with E-state index in [1.165, 1.54) is 141 Å². The summed E-state index contributed by atoms with van der Waals surface area (Å²) in [6.45, 7) is 7.10. The van der Waals surface area contributed by atoms with Crippen molar-refractivity contribution in [1.29, 1.82) is 0 Å². The van der Waals surface area contributed by atoms with E-state index in [4.69, 9.17) is 37.0 Å². The number of carbonyl (C=O) groups is 4. The lowest BCUT2D eigenvalue weighted by molar-refractivity contribution is -0.161. The van der Waals surface area contributed by atoms with Gasteiger partial charge in [0.05, 0.1) is 26.4 Å². The monoisotopic (exact) mass is 1230 g/mol. The average Bonchev–Trinajstić information content (AvgIpc) is 3.46. The molecule has 17 nitrogen and oxygen atoms in total. The molecule has 0 aliphatic carbocycles. The number of hydrogen-bond donors (Lipinski definition) is 3. The molecule has 0 spiro atoms. The number of phosphoric acid groups is 2. The van der Waals surface area contributed by atoms with Crippen molar-refractivity contribution >= 4 is 39.5 Å². The number of rotatable bonds is 64. The first-order valence-corrected chi connectivity index (χ1v) is 36.6. The maximum Gasteiger partial charge on any atom is 0.472 e. The van der Waals surface area contributed by atoms with Gasteiger partial charge in [0, 0.05) is 25.7 Å². The van der Waals surface area contributed by atoms with Gasteiger partial charge in [0.15, 0.2) is 12.2 Å². The Morgan fingerprint density at radius 3 is 0.819 bits per heavy atom. The van der Waals surface area contributed by atoms with E-state index in [-0.39, 0.29) is 25.7 Å². The molecule has 19 heteroatoms. The Kier molecular flexibility index (Phi) is 56.4. The van der Waals surface area contributed by atoms with Crippen molar-refractivity contribution in [1.82, 2.24) is 0 Å². The predicted octanol–water partition coefficient (Wildman–Crippen LogP) is 17.8. The van der Waals surface area contributed by atoms with Crippen LogP contribution in [0.1, 0.15) is 324 Å². The third-order valence-corrected chi connectivity index (χ3v) is 16.7. The van der Waals surface area contributed by atoms with E-state index in [1.807, 2.05) is 0 Å². The van der Waals surface area contributed by atoms with Gasteiger partial charge in [0.1, 0.15) is 19.3 Å². The van der Waals surface area contributed by atoms with Crippen molar-refractivity contribution in [2.24, 2.45) is 5.92 Å². The lowest BCUT2D eigenvalue weighted by Gasteiger charge is -2.21. The maximum atomic E-state index is 13.0. The molecule has 0 aliphatic heterocycles. The molecule has 0 aromatic carbocycles. The summed E-state index contributed by atoms with van der Waals surface area (Å²) in [5.74, 6) is -1.37. The Balaban J connectivity index is 5.16. The Hall–Kier alpha value is -1.94. The summed E-state index contributed by atoms with van der Waals surface area (Å²) < 4.78 is 67.8. The van der Waals surface area contributed by atoms with E-state index in [9.17, 15) is 43.2 Å². The second-order valence-electron chi connectivity index (χ2n) is 23.6. The molecule has 2 unspecified atom stereocenters. The molecule has 0 heterocycles. The highest BCUT2D eigenvalue weighted by atomic mass is 31.2. The van der Waals surface area contributed by atoms with Gasteiger partial charge in [-0.1, -0.05) is 272 Å². The first-order chi connectivity index (χ1) is 40.0. The summed E-state index contributed by atoms with van der Waals surface area (Å²) in [6, 6.07) is 0. The Labute approximate surface area is 505 Å². The van der Waals surface area contributed by atoms with Crippen molar-refractivity contribution in [2.75, 3.05) is 39.6 Å². The van der Waals surface area contributed by atoms with Crippen molar-refractivity contribution < 1.29 is 80.2 Å². The van der Waals surface area contributed by atoms with Crippen LogP contribution in [0, 0.1) is 5.92 Å². The minimum atomic E-state index is -4.94. The van der Waals surface area contributed by atoms with Crippen molar-refractivity contribution in [2.45, 2.75) is 342 Å². The molecular formula is C64H124O17P2. The van der Waals surface area contributed by atoms with Crippen molar-refractivity contribution in [3.05, 3.63) is 0 Å². The van der Waals surface area contributed by atoms with E-state index in [0.717, 1.165) is 102 Å². The zero-order valence-electron chi connectivity index (χ0n) is 53.3. The van der Waals surface area contributed by atoms with Crippen LogP contribution in [0.2, 0.25) is 0 Å². The summed E-state index contributed by atoms with van der Waals surface area (Å²) in [7, 11) is -9.88. The smallest absolute Gasteiger partial charge is 0.462 e. The molecule has 0 fully saturated rings. The van der Waals surface area contributed by atoms with E-state index in [0.29, 0.717) is 25.7 Å². The standard InChI is InChI=1S/C64H124O17P2/c1-6-9-12-15-17-19-20-21-22-23-26-31-35-40-45-50-64(69)81-60(54-75-62(67)48-43-38-33-30-27-24-25-29-32-37-41-46-57(4)5)56-79-83(72,73)77-52-58(65)51-76-82(70,71)78-55-59(53-74-61(66)47-42-36-14-11-8-3)80-63(68)49-44-39-34-28-18-16-13-10-7-2/h57-60,65H,6-56H2,1-5H3,(H,70,71)(H,72,73)/t58-,59+,60+/m0/s1. The van der Waals surface area contributed by atoms with Crippen LogP contribution in [-0.2, 0) is 65.4 Å². The van der Waals surface area contributed by atoms with E-state index in [1.54, 1.807) is 0 Å². The van der Waals surface area contributed by atoms with Gasteiger partial charge in [-0.05, 0) is 31.6 Å². The molecule has 83 heavy (non-hydrogen) atoms. The SMILES string of the molecule is CCCCCCCCCCCCCCCCCC(=O)O[C@H](COC(=O)CCCCCCCCCCCCCC(C)C)COP(=O)(O)OC[C@@H](O)COP(=O)(O)OC[C@@H](COC(=O)CCCCCCC)OC(=O)CCCCCCCCCCC. The molecule has 3 N–H and O–H groups in total. The Morgan fingerprint density at radius 2 is 0.554 bits per heavy atom. The fourth-order valence-corrected chi connectivity index (χ4v) is 11.2. The molecule has 0 saturated carbocycles. The van der Waals surface area contributed by atoms with Gasteiger partial charge in [-0.3, -0.25) is 37.3 Å². The van der Waals surface area contributed by atoms with Crippen LogP contribution >= 0.6 is 15.6 Å². The molecule has 0 rings (SSSR count). The van der Waals surface area contributed by atoms with E-state index >= 15 is 0 Å². The van der Waals surface area contributed by atoms with Crippen LogP contribution in [0.4, 0.5) is 0 Å². The topological polar surface area (TPSA) is 237 Å². The molecule has 5 atom stereocenters. The molecule has 0 aromatic heterocycles. The van der Waals surface area contributed by atoms with Gasteiger partial charge in [0.2, 0.25) is 0 Å². The zero-order chi connectivity index (χ0) is 61.3. The Bertz CT molecular complexity index is 1620. The summed E-state index contributed by atoms with van der Waals surface area (Å²) in [5.41, 5.74) is 0. The highest BCUT2D eigenvalue weighted by Crippen LogP contribution is 2.45. The molecule has 492 valence electrons. The van der Waals surface area contributed by atoms with Crippen molar-refractivity contribution in [3.8, 4) is 0 Å². The number of ether oxygens (including phenoxy) is 4. The van der Waals surface area contributed by atoms with E-state index in [2.05, 4.69) is 34.6 Å². The minimum absolute atomic E-state index is 0.105. The largest absolute Gasteiger partial charge is 0.472 e. The van der Waals surface area contributed by atoms with Crippen LogP contribution in [-0.4, -0.2) is 96.7 Å². The summed E-state index contributed by atoms with van der Waals surface area (Å²) in [6.07, 6.45) is 42.0. The van der Waals surface area contributed by atoms with Gasteiger partial charge in [0.25, 0.3) is 0 Å². The molecule has 0 aliphatic rings. The quantitative estimate of drug-likeness (QED) is 0.0222. The van der Waals surface area contributed by atoms with Gasteiger partial charge in [-0.25, -0.2) is 9.13 Å². The third kappa shape index (κ3) is 58.8. The number of carbonyl (C=O) groups excluding carboxylic acids is 4. The number of aliphatic hydroxyl groups is 1. The number of phosphoric ester groups is 2. The van der Waals surface area contributed by atoms with Crippen molar-refractivity contribution in [3.63, 3.8) is 0 Å². The van der Waals surface area contributed by atoms with Crippen LogP contribution in [0.15, 0.2) is 0 Å². The highest BCUT2D eigenvalue weighted by Gasteiger charge is 2.30. The van der Waals surface area contributed by atoms with Gasteiger partial charge >= 0.3 is 39.5 Å².